The summed E-state index contributed by atoms with van der Waals surface area (Å²) in [5.41, 5.74) is 0. The van der Waals surface area contributed by atoms with E-state index in [0.717, 1.165) is 13.1 Å². The number of rotatable bonds is 0. The standard InChI is InChI=1S/C10H20N4O2/c15-9-1-3-11-5-6-12-4-2-10(16)14-8-7-13-9/h11-12H,1-8H2,(H,13,15)(H,14,16). The average molecular weight is 228 g/mol. The van der Waals surface area contributed by atoms with Crippen LogP contribution >= 0.6 is 0 Å². The third-order valence-electron chi connectivity index (χ3n) is 2.31. The number of hydrogen-bond acceptors (Lipinski definition) is 4. The zero-order chi connectivity index (χ0) is 11.6. The molecular formula is C10H20N4O2. The van der Waals surface area contributed by atoms with E-state index >= 15 is 0 Å². The lowest BCUT2D eigenvalue weighted by Gasteiger charge is -2.10. The van der Waals surface area contributed by atoms with E-state index in [1.807, 2.05) is 0 Å². The van der Waals surface area contributed by atoms with Gasteiger partial charge in [-0.25, -0.2) is 0 Å². The Labute approximate surface area is 95.5 Å². The SMILES string of the molecule is O=C1CCNCCNCCC(=O)NCCN1. The molecule has 1 saturated heterocycles. The van der Waals surface area contributed by atoms with E-state index in [1.165, 1.54) is 0 Å². The maximum absolute atomic E-state index is 11.3. The Bertz CT molecular complexity index is 209. The van der Waals surface area contributed by atoms with Crippen LogP contribution < -0.4 is 21.3 Å². The van der Waals surface area contributed by atoms with Crippen LogP contribution in [0.5, 0.6) is 0 Å². The molecule has 4 N–H and O–H groups in total. The van der Waals surface area contributed by atoms with Gasteiger partial charge in [0.1, 0.15) is 0 Å². The smallest absolute Gasteiger partial charge is 0.221 e. The third kappa shape index (κ3) is 6.36. The minimum atomic E-state index is 0.0202. The minimum Gasteiger partial charge on any atom is -0.354 e. The predicted molar refractivity (Wildman–Crippen MR) is 61.0 cm³/mol. The third-order valence-corrected chi connectivity index (χ3v) is 2.31. The molecule has 16 heavy (non-hydrogen) atoms. The zero-order valence-electron chi connectivity index (χ0n) is 9.47. The first-order valence-corrected chi connectivity index (χ1v) is 5.74. The summed E-state index contributed by atoms with van der Waals surface area (Å²) in [7, 11) is 0. The lowest BCUT2D eigenvalue weighted by atomic mass is 10.3. The van der Waals surface area contributed by atoms with Crippen LogP contribution in [-0.2, 0) is 9.59 Å². The van der Waals surface area contributed by atoms with Crippen LogP contribution in [-0.4, -0.2) is 51.1 Å². The van der Waals surface area contributed by atoms with Crippen molar-refractivity contribution in [1.29, 1.82) is 0 Å². The van der Waals surface area contributed by atoms with Gasteiger partial charge in [0.2, 0.25) is 11.8 Å². The molecule has 0 radical (unpaired) electrons. The van der Waals surface area contributed by atoms with E-state index in [-0.39, 0.29) is 11.8 Å². The molecular weight excluding hydrogens is 208 g/mol. The molecule has 0 atom stereocenters. The van der Waals surface area contributed by atoms with Crippen LogP contribution in [0.1, 0.15) is 12.8 Å². The first kappa shape index (κ1) is 12.9. The highest BCUT2D eigenvalue weighted by atomic mass is 16.2. The normalized spacial score (nSPS) is 21.8. The van der Waals surface area contributed by atoms with Gasteiger partial charge in [0, 0.05) is 52.1 Å². The molecule has 6 nitrogen and oxygen atoms in total. The summed E-state index contributed by atoms with van der Waals surface area (Å²) in [5, 5.41) is 11.8. The van der Waals surface area contributed by atoms with Gasteiger partial charge >= 0.3 is 0 Å². The molecule has 6 heteroatoms. The van der Waals surface area contributed by atoms with Crippen molar-refractivity contribution in [2.45, 2.75) is 12.8 Å². The van der Waals surface area contributed by atoms with Gasteiger partial charge < -0.3 is 21.3 Å². The van der Waals surface area contributed by atoms with Crippen molar-refractivity contribution in [2.24, 2.45) is 0 Å². The van der Waals surface area contributed by atoms with Crippen LogP contribution in [0.2, 0.25) is 0 Å². The molecule has 1 aliphatic rings. The molecule has 2 amide bonds. The van der Waals surface area contributed by atoms with E-state index in [2.05, 4.69) is 21.3 Å². The number of carbonyl (C=O) groups excluding carboxylic acids is 2. The van der Waals surface area contributed by atoms with Crippen molar-refractivity contribution >= 4 is 11.8 Å². The van der Waals surface area contributed by atoms with Gasteiger partial charge in [-0.15, -0.1) is 0 Å². The summed E-state index contributed by atoms with van der Waals surface area (Å²) in [4.78, 5) is 22.5. The van der Waals surface area contributed by atoms with Crippen LogP contribution in [0, 0.1) is 0 Å². The molecule has 0 aromatic rings. The van der Waals surface area contributed by atoms with Crippen molar-refractivity contribution < 1.29 is 9.59 Å². The quantitative estimate of drug-likeness (QED) is 0.394. The Kier molecular flexibility index (Phi) is 6.52. The number of carbonyl (C=O) groups is 2. The summed E-state index contributed by atoms with van der Waals surface area (Å²) in [6.45, 7) is 4.01. The first-order valence-electron chi connectivity index (χ1n) is 5.74. The molecule has 92 valence electrons. The maximum Gasteiger partial charge on any atom is 0.221 e. The summed E-state index contributed by atoms with van der Waals surface area (Å²) < 4.78 is 0. The minimum absolute atomic E-state index is 0.0202. The number of hydrogen-bond donors (Lipinski definition) is 4. The van der Waals surface area contributed by atoms with E-state index in [4.69, 9.17) is 0 Å². The first-order chi connectivity index (χ1) is 7.79. The van der Waals surface area contributed by atoms with Gasteiger partial charge in [-0.2, -0.15) is 0 Å². The van der Waals surface area contributed by atoms with Gasteiger partial charge in [-0.05, 0) is 0 Å². The fourth-order valence-electron chi connectivity index (χ4n) is 1.41. The second-order valence-corrected chi connectivity index (χ2v) is 3.70. The highest BCUT2D eigenvalue weighted by Gasteiger charge is 2.03. The maximum atomic E-state index is 11.3. The Hall–Kier alpha value is -1.14. The summed E-state index contributed by atoms with van der Waals surface area (Å²) in [6, 6.07) is 0. The largest absolute Gasteiger partial charge is 0.354 e. The molecule has 0 aromatic heterocycles. The molecule has 1 rings (SSSR count). The van der Waals surface area contributed by atoms with Crippen molar-refractivity contribution in [3.8, 4) is 0 Å². The second-order valence-electron chi connectivity index (χ2n) is 3.70. The Morgan fingerprint density at radius 3 is 1.50 bits per heavy atom. The molecule has 0 unspecified atom stereocenters. The fraction of sp³-hybridized carbons (Fsp3) is 0.800. The molecule has 0 aromatic carbocycles. The lowest BCUT2D eigenvalue weighted by molar-refractivity contribution is -0.122. The van der Waals surface area contributed by atoms with E-state index in [0.29, 0.717) is 39.0 Å². The van der Waals surface area contributed by atoms with Gasteiger partial charge in [0.15, 0.2) is 0 Å². The van der Waals surface area contributed by atoms with Crippen molar-refractivity contribution in [1.82, 2.24) is 21.3 Å². The van der Waals surface area contributed by atoms with Gasteiger partial charge in [0.05, 0.1) is 0 Å². The summed E-state index contributed by atoms with van der Waals surface area (Å²) >= 11 is 0. The van der Waals surface area contributed by atoms with Crippen molar-refractivity contribution in [2.75, 3.05) is 39.3 Å². The van der Waals surface area contributed by atoms with Crippen molar-refractivity contribution in [3.63, 3.8) is 0 Å². The highest BCUT2D eigenvalue weighted by Crippen LogP contribution is 1.80. The Morgan fingerprint density at radius 2 is 1.06 bits per heavy atom. The van der Waals surface area contributed by atoms with Crippen molar-refractivity contribution in [3.05, 3.63) is 0 Å². The molecule has 0 saturated carbocycles. The molecule has 1 heterocycles. The highest BCUT2D eigenvalue weighted by molar-refractivity contribution is 5.77. The monoisotopic (exact) mass is 228 g/mol. The Morgan fingerprint density at radius 1 is 0.625 bits per heavy atom. The lowest BCUT2D eigenvalue weighted by Crippen LogP contribution is -2.38. The van der Waals surface area contributed by atoms with E-state index < -0.39 is 0 Å². The molecule has 1 aliphatic heterocycles. The summed E-state index contributed by atoms with van der Waals surface area (Å²) in [5.74, 6) is 0.0403. The fourth-order valence-corrected chi connectivity index (χ4v) is 1.41. The Balaban J connectivity index is 2.24. The van der Waals surface area contributed by atoms with Gasteiger partial charge in [-0.3, -0.25) is 9.59 Å². The van der Waals surface area contributed by atoms with Crippen LogP contribution in [0.4, 0.5) is 0 Å². The van der Waals surface area contributed by atoms with Gasteiger partial charge in [-0.1, -0.05) is 0 Å². The summed E-state index contributed by atoms with van der Waals surface area (Å²) in [6.07, 6.45) is 0.960. The number of nitrogens with one attached hydrogen (secondary N) is 4. The predicted octanol–water partition coefficient (Wildman–Crippen LogP) is -1.81. The zero-order valence-corrected chi connectivity index (χ0v) is 9.47. The van der Waals surface area contributed by atoms with Crippen LogP contribution in [0.3, 0.4) is 0 Å². The molecule has 1 fully saturated rings. The number of amides is 2. The van der Waals surface area contributed by atoms with E-state index in [9.17, 15) is 9.59 Å². The molecule has 0 bridgehead atoms. The molecule has 0 spiro atoms. The van der Waals surface area contributed by atoms with Crippen LogP contribution in [0.15, 0.2) is 0 Å². The molecule has 0 aliphatic carbocycles. The van der Waals surface area contributed by atoms with Crippen LogP contribution in [0.25, 0.3) is 0 Å². The van der Waals surface area contributed by atoms with E-state index in [1.54, 1.807) is 0 Å². The topological polar surface area (TPSA) is 82.3 Å². The average Bonchev–Trinajstić information content (AvgIpc) is 2.27. The van der Waals surface area contributed by atoms with Gasteiger partial charge in [0.25, 0.3) is 0 Å². The second kappa shape index (κ2) is 8.06.